The van der Waals surface area contributed by atoms with Crippen molar-refractivity contribution in [2.75, 3.05) is 23.8 Å². The van der Waals surface area contributed by atoms with Crippen molar-refractivity contribution in [3.8, 4) is 11.8 Å². The number of carboxylic acids is 1. The molecule has 14 heteroatoms. The van der Waals surface area contributed by atoms with Gasteiger partial charge in [0, 0.05) is 17.7 Å². The lowest BCUT2D eigenvalue weighted by atomic mass is 9.92. The number of thioether (sulfide) groups is 1. The van der Waals surface area contributed by atoms with Gasteiger partial charge in [0.05, 0.1) is 30.0 Å². The van der Waals surface area contributed by atoms with E-state index in [2.05, 4.69) is 10.6 Å². The van der Waals surface area contributed by atoms with Crippen LogP contribution >= 0.6 is 11.8 Å². The number of ketones is 1. The molecule has 0 bridgehead atoms. The number of nitrogens with zero attached hydrogens (tertiary/aromatic N) is 2. The molecule has 0 aromatic heterocycles. The summed E-state index contributed by atoms with van der Waals surface area (Å²) in [5.41, 5.74) is 2.49. The van der Waals surface area contributed by atoms with E-state index in [0.29, 0.717) is 33.7 Å². The van der Waals surface area contributed by atoms with Crippen LogP contribution in [0.25, 0.3) is 0 Å². The van der Waals surface area contributed by atoms with Gasteiger partial charge in [0.25, 0.3) is 5.91 Å². The molecule has 3 N–H and O–H groups in total. The normalized spacial score (nSPS) is 15.5. The highest BCUT2D eigenvalue weighted by atomic mass is 32.2. The summed E-state index contributed by atoms with van der Waals surface area (Å²) in [7, 11) is 0. The number of carbonyl (C=O) groups is 5. The number of aliphatic carboxylic acids is 1. The van der Waals surface area contributed by atoms with Crippen molar-refractivity contribution in [2.24, 2.45) is 0 Å². The first-order valence-corrected chi connectivity index (χ1v) is 16.6. The minimum atomic E-state index is -1.26. The van der Waals surface area contributed by atoms with E-state index >= 15 is 0 Å². The van der Waals surface area contributed by atoms with Crippen molar-refractivity contribution in [3.05, 3.63) is 131 Å². The van der Waals surface area contributed by atoms with Crippen LogP contribution in [0.2, 0.25) is 0 Å². The van der Waals surface area contributed by atoms with Gasteiger partial charge >= 0.3 is 5.97 Å². The first-order chi connectivity index (χ1) is 24.5. The maximum atomic E-state index is 13.6. The molecule has 0 aliphatic carbocycles. The highest BCUT2D eigenvalue weighted by molar-refractivity contribution is 8.01. The molecule has 4 aromatic rings. The number of rotatable bonds is 15. The number of nitriles is 1. The fourth-order valence-electron chi connectivity index (χ4n) is 5.26. The average Bonchev–Trinajstić information content (AvgIpc) is 3.13. The maximum Gasteiger partial charge on any atom is 0.326 e. The third-order valence-corrected chi connectivity index (χ3v) is 9.15. The summed E-state index contributed by atoms with van der Waals surface area (Å²) in [6, 6.07) is 23.6. The fraction of sp³-hybridized carbons (Fsp3) is 0.189. The molecule has 260 valence electrons. The number of hydrogen-bond donors (Lipinski definition) is 3. The lowest BCUT2D eigenvalue weighted by Gasteiger charge is -2.47. The summed E-state index contributed by atoms with van der Waals surface area (Å²) in [6.07, 6.45) is -0.0237. The van der Waals surface area contributed by atoms with Gasteiger partial charge in [-0.2, -0.15) is 5.26 Å². The Hall–Kier alpha value is -6.07. The lowest BCUT2D eigenvalue weighted by Crippen LogP contribution is -2.57. The van der Waals surface area contributed by atoms with Crippen molar-refractivity contribution in [2.45, 2.75) is 23.8 Å². The second-order valence-electron chi connectivity index (χ2n) is 11.4. The Labute approximate surface area is 295 Å². The Morgan fingerprint density at radius 2 is 1.51 bits per heavy atom. The van der Waals surface area contributed by atoms with E-state index in [1.807, 2.05) is 6.07 Å². The molecule has 1 heterocycles. The molecule has 1 fully saturated rings. The minimum Gasteiger partial charge on any atom is -0.484 e. The highest BCUT2D eigenvalue weighted by Gasteiger charge is 2.49. The van der Waals surface area contributed by atoms with E-state index in [4.69, 9.17) is 10.00 Å². The molecule has 0 radical (unpaired) electrons. The Morgan fingerprint density at radius 3 is 2.12 bits per heavy atom. The molecule has 5 rings (SSSR count). The van der Waals surface area contributed by atoms with Crippen LogP contribution in [0.1, 0.15) is 33.1 Å². The molecule has 3 amide bonds. The largest absolute Gasteiger partial charge is 0.484 e. The number of anilines is 1. The van der Waals surface area contributed by atoms with Crippen LogP contribution in [0.3, 0.4) is 0 Å². The summed E-state index contributed by atoms with van der Waals surface area (Å²) in [4.78, 5) is 64.0. The second-order valence-corrected chi connectivity index (χ2v) is 12.5. The molecule has 4 aromatic carbocycles. The van der Waals surface area contributed by atoms with Gasteiger partial charge in [-0.15, -0.1) is 11.8 Å². The van der Waals surface area contributed by atoms with Crippen molar-refractivity contribution >= 4 is 46.9 Å². The summed E-state index contributed by atoms with van der Waals surface area (Å²) in [5, 5.41) is 22.5. The first-order valence-electron chi connectivity index (χ1n) is 15.5. The summed E-state index contributed by atoms with van der Waals surface area (Å²) >= 11 is 1.15. The SMILES string of the molecule is N#Cc1ccc(C[C@@H](NC(=O)CNC(=O)COc2ccc([C@@H]3[C@@H](SCC(=O)c4ccc(F)cc4)C(=O)N3c3ccc(F)cc3)cc2)C(=O)O)cc1. The van der Waals surface area contributed by atoms with Crippen LogP contribution in [-0.2, 0) is 25.6 Å². The van der Waals surface area contributed by atoms with Crippen molar-refractivity contribution in [1.29, 1.82) is 5.26 Å². The molecular weight excluding hydrogens is 682 g/mol. The number of hydrogen-bond acceptors (Lipinski definition) is 8. The third-order valence-electron chi connectivity index (χ3n) is 7.90. The first kappa shape index (κ1) is 36.2. The van der Waals surface area contributed by atoms with Gasteiger partial charge in [0.1, 0.15) is 28.7 Å². The van der Waals surface area contributed by atoms with Crippen LogP contribution in [0, 0.1) is 23.0 Å². The number of carboxylic acid groups (broad SMARTS) is 1. The second kappa shape index (κ2) is 16.6. The van der Waals surface area contributed by atoms with Gasteiger partial charge in [-0.25, -0.2) is 13.6 Å². The van der Waals surface area contributed by atoms with Gasteiger partial charge in [0.15, 0.2) is 12.4 Å². The number of ether oxygens (including phenoxy) is 1. The Balaban J connectivity index is 1.15. The van der Waals surface area contributed by atoms with E-state index in [1.54, 1.807) is 48.5 Å². The lowest BCUT2D eigenvalue weighted by molar-refractivity contribution is -0.141. The molecule has 0 saturated carbocycles. The number of β-lactam (4-membered cyclic amide) rings is 1. The number of carbonyl (C=O) groups excluding carboxylic acids is 4. The molecule has 51 heavy (non-hydrogen) atoms. The summed E-state index contributed by atoms with van der Waals surface area (Å²) < 4.78 is 32.5. The molecule has 0 unspecified atom stereocenters. The molecule has 0 spiro atoms. The monoisotopic (exact) mass is 712 g/mol. The zero-order valence-corrected chi connectivity index (χ0v) is 27.6. The van der Waals surface area contributed by atoms with Crippen molar-refractivity contribution in [3.63, 3.8) is 0 Å². The zero-order chi connectivity index (χ0) is 36.5. The van der Waals surface area contributed by atoms with Crippen LogP contribution in [0.5, 0.6) is 5.75 Å². The summed E-state index contributed by atoms with van der Waals surface area (Å²) in [5.74, 6) is -3.81. The Morgan fingerprint density at radius 1 is 0.882 bits per heavy atom. The molecule has 11 nitrogen and oxygen atoms in total. The number of halogens is 2. The molecule has 1 aliphatic rings. The van der Waals surface area contributed by atoms with Gasteiger partial charge < -0.3 is 25.4 Å². The topological polar surface area (TPSA) is 166 Å². The minimum absolute atomic E-state index is 0.0237. The predicted octanol–water partition coefficient (Wildman–Crippen LogP) is 4.22. The highest BCUT2D eigenvalue weighted by Crippen LogP contribution is 2.45. The molecule has 3 atom stereocenters. The maximum absolute atomic E-state index is 13.6. The van der Waals surface area contributed by atoms with Gasteiger partial charge in [-0.3, -0.25) is 19.2 Å². The number of nitrogens with one attached hydrogen (secondary N) is 2. The Kier molecular flexibility index (Phi) is 11.8. The number of benzene rings is 4. The summed E-state index contributed by atoms with van der Waals surface area (Å²) in [6.45, 7) is -0.941. The van der Waals surface area contributed by atoms with Gasteiger partial charge in [-0.05, 0) is 83.9 Å². The average molecular weight is 713 g/mol. The molecular formula is C37H30F2N4O7S. The van der Waals surface area contributed by atoms with Crippen LogP contribution in [0.4, 0.5) is 14.5 Å². The van der Waals surface area contributed by atoms with Crippen molar-refractivity contribution < 1.29 is 42.6 Å². The fourth-order valence-corrected chi connectivity index (χ4v) is 6.47. The Bertz CT molecular complexity index is 1950. The van der Waals surface area contributed by atoms with Crippen LogP contribution in [-0.4, -0.2) is 64.8 Å². The molecule has 1 saturated heterocycles. The van der Waals surface area contributed by atoms with E-state index < -0.39 is 59.9 Å². The molecule has 1 aliphatic heterocycles. The van der Waals surface area contributed by atoms with E-state index in [9.17, 15) is 37.9 Å². The number of amides is 3. The van der Waals surface area contributed by atoms with Gasteiger partial charge in [0.2, 0.25) is 11.8 Å². The van der Waals surface area contributed by atoms with E-state index in [0.717, 1.165) is 11.8 Å². The van der Waals surface area contributed by atoms with Crippen LogP contribution < -0.4 is 20.3 Å². The zero-order valence-electron chi connectivity index (χ0n) is 26.8. The van der Waals surface area contributed by atoms with E-state index in [1.165, 1.54) is 53.4 Å². The smallest absolute Gasteiger partial charge is 0.326 e. The predicted molar refractivity (Wildman–Crippen MR) is 183 cm³/mol. The number of Topliss-reactive ketones (excluding diaryl/α,β-unsaturated/α-hetero) is 1. The third kappa shape index (κ3) is 9.34. The van der Waals surface area contributed by atoms with Crippen molar-refractivity contribution in [1.82, 2.24) is 10.6 Å². The van der Waals surface area contributed by atoms with Crippen LogP contribution in [0.15, 0.2) is 97.1 Å². The van der Waals surface area contributed by atoms with E-state index in [-0.39, 0.29) is 23.9 Å². The standard InChI is InChI=1S/C37H30F2N4O7S/c38-26-9-5-24(6-10-26)31(44)21-51-35-34(43(36(35)47)28-13-11-27(39)12-14-28)25-7-15-29(16-8-25)50-20-33(46)41-19-32(45)42-30(37(48)49)17-22-1-3-23(18-40)4-2-22/h1-16,30,34-35H,17,19-21H2,(H,41,46)(H,42,45)(H,48,49)/t30-,34-,35-/m1/s1. The quantitative estimate of drug-likeness (QED) is 0.121. The van der Waals surface area contributed by atoms with Gasteiger partial charge in [-0.1, -0.05) is 24.3 Å².